The number of anilines is 2. The van der Waals surface area contributed by atoms with E-state index in [1.165, 1.54) is 5.56 Å². The van der Waals surface area contributed by atoms with Crippen LogP contribution in [0.1, 0.15) is 29.3 Å². The van der Waals surface area contributed by atoms with E-state index in [4.69, 9.17) is 0 Å². The van der Waals surface area contributed by atoms with Crippen LogP contribution in [0.3, 0.4) is 0 Å². The quantitative estimate of drug-likeness (QED) is 0.862. The molecule has 0 spiro atoms. The summed E-state index contributed by atoms with van der Waals surface area (Å²) in [6.45, 7) is 2.87. The van der Waals surface area contributed by atoms with Crippen molar-refractivity contribution in [2.45, 2.75) is 19.8 Å². The van der Waals surface area contributed by atoms with Gasteiger partial charge in [0.25, 0.3) is 0 Å². The first-order chi connectivity index (χ1) is 11.1. The molecule has 0 atom stereocenters. The Labute approximate surface area is 136 Å². The lowest BCUT2D eigenvalue weighted by Gasteiger charge is -2.17. The lowest BCUT2D eigenvalue weighted by Crippen LogP contribution is -2.30. The second-order valence-corrected chi connectivity index (χ2v) is 5.74. The maximum absolute atomic E-state index is 12.4. The van der Waals surface area contributed by atoms with Crippen LogP contribution in [0.15, 0.2) is 48.5 Å². The molecule has 0 radical (unpaired) electrons. The molecule has 0 bridgehead atoms. The van der Waals surface area contributed by atoms with Crippen molar-refractivity contribution < 1.29 is 9.59 Å². The van der Waals surface area contributed by atoms with Crippen LogP contribution in [0.25, 0.3) is 0 Å². The van der Waals surface area contributed by atoms with Crippen LogP contribution >= 0.6 is 0 Å². The zero-order chi connectivity index (χ0) is 16.2. The van der Waals surface area contributed by atoms with Gasteiger partial charge in [-0.25, -0.2) is 0 Å². The van der Waals surface area contributed by atoms with Gasteiger partial charge < -0.3 is 10.2 Å². The van der Waals surface area contributed by atoms with Gasteiger partial charge in [0, 0.05) is 36.4 Å². The number of ketones is 1. The normalized spacial score (nSPS) is 12.8. The van der Waals surface area contributed by atoms with Crippen molar-refractivity contribution in [3.8, 4) is 0 Å². The van der Waals surface area contributed by atoms with Crippen molar-refractivity contribution in [3.05, 3.63) is 59.7 Å². The molecule has 0 saturated heterocycles. The summed E-state index contributed by atoms with van der Waals surface area (Å²) in [5.41, 5.74) is 3.82. The van der Waals surface area contributed by atoms with E-state index in [2.05, 4.69) is 11.4 Å². The first kappa shape index (κ1) is 15.3. The average molecular weight is 308 g/mol. The Morgan fingerprint density at radius 2 is 1.96 bits per heavy atom. The molecule has 2 aromatic carbocycles. The number of nitrogens with one attached hydrogen (secondary N) is 1. The monoisotopic (exact) mass is 308 g/mol. The van der Waals surface area contributed by atoms with Gasteiger partial charge in [0.15, 0.2) is 5.78 Å². The summed E-state index contributed by atoms with van der Waals surface area (Å²) in [7, 11) is 0. The second-order valence-electron chi connectivity index (χ2n) is 5.74. The highest BCUT2D eigenvalue weighted by molar-refractivity contribution is 5.96. The lowest BCUT2D eigenvalue weighted by molar-refractivity contribution is -0.118. The summed E-state index contributed by atoms with van der Waals surface area (Å²) in [5.74, 6) is 0.170. The predicted octanol–water partition coefficient (Wildman–Crippen LogP) is 3.28. The van der Waals surface area contributed by atoms with Gasteiger partial charge in [-0.05, 0) is 37.1 Å². The van der Waals surface area contributed by atoms with Gasteiger partial charge in [0.1, 0.15) is 0 Å². The summed E-state index contributed by atoms with van der Waals surface area (Å²) >= 11 is 0. The van der Waals surface area contributed by atoms with E-state index in [1.807, 2.05) is 41.3 Å². The zero-order valence-electron chi connectivity index (χ0n) is 13.2. The van der Waals surface area contributed by atoms with E-state index in [0.29, 0.717) is 18.5 Å². The molecule has 3 rings (SSSR count). The van der Waals surface area contributed by atoms with Crippen molar-refractivity contribution in [2.24, 2.45) is 0 Å². The summed E-state index contributed by atoms with van der Waals surface area (Å²) in [4.78, 5) is 25.7. The molecule has 23 heavy (non-hydrogen) atoms. The highest BCUT2D eigenvalue weighted by Gasteiger charge is 2.23. The lowest BCUT2D eigenvalue weighted by atomic mass is 10.1. The molecule has 0 fully saturated rings. The van der Waals surface area contributed by atoms with E-state index < -0.39 is 0 Å². The molecule has 1 aliphatic heterocycles. The molecule has 1 amide bonds. The minimum absolute atomic E-state index is 0.0402. The van der Waals surface area contributed by atoms with E-state index >= 15 is 0 Å². The average Bonchev–Trinajstić information content (AvgIpc) is 2.99. The molecule has 0 saturated carbocycles. The number of carbonyl (C=O) groups excluding carboxylic acids is 2. The third kappa shape index (κ3) is 3.42. The van der Waals surface area contributed by atoms with Crippen molar-refractivity contribution >= 4 is 23.1 Å². The fourth-order valence-corrected chi connectivity index (χ4v) is 2.89. The standard InChI is InChI=1S/C19H20N2O2/c1-14(22)16-6-4-7-17(13-16)20-11-9-19(23)21-12-10-15-5-2-3-8-18(15)21/h2-8,13,20H,9-12H2,1H3. The molecule has 1 heterocycles. The minimum atomic E-state index is 0.0402. The Morgan fingerprint density at radius 1 is 1.13 bits per heavy atom. The first-order valence-electron chi connectivity index (χ1n) is 7.88. The molecule has 4 nitrogen and oxygen atoms in total. The number of carbonyl (C=O) groups is 2. The number of para-hydroxylation sites is 1. The fourth-order valence-electron chi connectivity index (χ4n) is 2.89. The molecule has 0 unspecified atom stereocenters. The number of hydrogen-bond donors (Lipinski definition) is 1. The van der Waals surface area contributed by atoms with Gasteiger partial charge in [-0.2, -0.15) is 0 Å². The van der Waals surface area contributed by atoms with Gasteiger partial charge in [-0.1, -0.05) is 30.3 Å². The van der Waals surface area contributed by atoms with Gasteiger partial charge >= 0.3 is 0 Å². The molecular weight excluding hydrogens is 288 g/mol. The molecule has 4 heteroatoms. The van der Waals surface area contributed by atoms with Gasteiger partial charge in [-0.15, -0.1) is 0 Å². The van der Waals surface area contributed by atoms with E-state index in [1.54, 1.807) is 13.0 Å². The molecule has 1 aliphatic rings. The Balaban J connectivity index is 1.56. The Hall–Kier alpha value is -2.62. The van der Waals surface area contributed by atoms with Gasteiger partial charge in [0.05, 0.1) is 0 Å². The van der Waals surface area contributed by atoms with Crippen LogP contribution < -0.4 is 10.2 Å². The Kier molecular flexibility index (Phi) is 4.42. The second kappa shape index (κ2) is 6.65. The third-order valence-corrected chi connectivity index (χ3v) is 4.13. The summed E-state index contributed by atoms with van der Waals surface area (Å²) in [6.07, 6.45) is 1.36. The van der Waals surface area contributed by atoms with Crippen molar-refractivity contribution in [1.29, 1.82) is 0 Å². The van der Waals surface area contributed by atoms with Crippen molar-refractivity contribution in [1.82, 2.24) is 0 Å². The maximum Gasteiger partial charge on any atom is 0.228 e. The number of rotatable bonds is 5. The Bertz CT molecular complexity index is 740. The number of nitrogens with zero attached hydrogens (tertiary/aromatic N) is 1. The van der Waals surface area contributed by atoms with Crippen molar-refractivity contribution in [2.75, 3.05) is 23.3 Å². The van der Waals surface area contributed by atoms with Crippen LogP contribution in [0.4, 0.5) is 11.4 Å². The fraction of sp³-hybridized carbons (Fsp3) is 0.263. The molecule has 1 N–H and O–H groups in total. The van der Waals surface area contributed by atoms with Crippen molar-refractivity contribution in [3.63, 3.8) is 0 Å². The number of hydrogen-bond acceptors (Lipinski definition) is 3. The van der Waals surface area contributed by atoms with Crippen LogP contribution in [0, 0.1) is 0 Å². The summed E-state index contributed by atoms with van der Waals surface area (Å²) in [6, 6.07) is 15.4. The molecule has 0 aliphatic carbocycles. The number of fused-ring (bicyclic) bond motifs is 1. The van der Waals surface area contributed by atoms with Crippen LogP contribution in [-0.2, 0) is 11.2 Å². The van der Waals surface area contributed by atoms with Crippen LogP contribution in [0.5, 0.6) is 0 Å². The molecule has 2 aromatic rings. The Morgan fingerprint density at radius 3 is 2.78 bits per heavy atom. The highest BCUT2D eigenvalue weighted by atomic mass is 16.2. The molecular formula is C19H20N2O2. The maximum atomic E-state index is 12.4. The topological polar surface area (TPSA) is 49.4 Å². The highest BCUT2D eigenvalue weighted by Crippen LogP contribution is 2.27. The first-order valence-corrected chi connectivity index (χ1v) is 7.88. The van der Waals surface area contributed by atoms with E-state index in [0.717, 1.165) is 24.3 Å². The SMILES string of the molecule is CC(=O)c1cccc(NCCC(=O)N2CCc3ccccc32)c1. The largest absolute Gasteiger partial charge is 0.385 e. The molecule has 118 valence electrons. The number of benzene rings is 2. The van der Waals surface area contributed by atoms with Gasteiger partial charge in [-0.3, -0.25) is 9.59 Å². The summed E-state index contributed by atoms with van der Waals surface area (Å²) in [5, 5.41) is 3.22. The van der Waals surface area contributed by atoms with E-state index in [-0.39, 0.29) is 11.7 Å². The third-order valence-electron chi connectivity index (χ3n) is 4.13. The predicted molar refractivity (Wildman–Crippen MR) is 92.1 cm³/mol. The minimum Gasteiger partial charge on any atom is -0.385 e. The summed E-state index contributed by atoms with van der Waals surface area (Å²) < 4.78 is 0. The number of amides is 1. The van der Waals surface area contributed by atoms with E-state index in [9.17, 15) is 9.59 Å². The van der Waals surface area contributed by atoms with Crippen LogP contribution in [-0.4, -0.2) is 24.8 Å². The zero-order valence-corrected chi connectivity index (χ0v) is 13.2. The number of Topliss-reactive ketones (excluding diaryl/α,β-unsaturated/α-hetero) is 1. The molecule has 0 aromatic heterocycles. The smallest absolute Gasteiger partial charge is 0.228 e. The van der Waals surface area contributed by atoms with Gasteiger partial charge in [0.2, 0.25) is 5.91 Å². The van der Waals surface area contributed by atoms with Crippen LogP contribution in [0.2, 0.25) is 0 Å².